The van der Waals surface area contributed by atoms with Crippen LogP contribution >= 0.6 is 23.2 Å². The quantitative estimate of drug-likeness (QED) is 0.250. The van der Waals surface area contributed by atoms with Gasteiger partial charge >= 0.3 is 0 Å². The van der Waals surface area contributed by atoms with E-state index in [9.17, 15) is 14.5 Å². The molecule has 0 amide bonds. The number of nitro groups is 1. The first kappa shape index (κ1) is 21.2. The molecule has 158 valence electrons. The molecule has 0 unspecified atom stereocenters. The molecule has 4 aromatic rings. The largest absolute Gasteiger partial charge is 0.486 e. The molecule has 1 aromatic heterocycles. The molecule has 0 aliphatic heterocycles. The van der Waals surface area contributed by atoms with E-state index < -0.39 is 11.7 Å². The van der Waals surface area contributed by atoms with Crippen molar-refractivity contribution in [2.75, 3.05) is 6.54 Å². The molecule has 0 aliphatic rings. The second-order valence-electron chi connectivity index (χ2n) is 7.05. The van der Waals surface area contributed by atoms with Crippen molar-refractivity contribution in [2.45, 2.75) is 12.5 Å². The summed E-state index contributed by atoms with van der Waals surface area (Å²) in [4.78, 5) is 14.2. The van der Waals surface area contributed by atoms with Gasteiger partial charge in [0.1, 0.15) is 12.4 Å². The Balaban J connectivity index is 1.68. The van der Waals surface area contributed by atoms with Gasteiger partial charge in [-0.05, 0) is 35.4 Å². The zero-order valence-electron chi connectivity index (χ0n) is 16.1. The summed E-state index contributed by atoms with van der Waals surface area (Å²) in [5.74, 6) is -0.757. The first-order valence-electron chi connectivity index (χ1n) is 9.47. The third kappa shape index (κ3) is 4.50. The van der Waals surface area contributed by atoms with E-state index in [1.807, 2.05) is 24.3 Å². The topological polar surface area (TPSA) is 68.2 Å². The van der Waals surface area contributed by atoms with Crippen LogP contribution in [0.15, 0.2) is 66.9 Å². The van der Waals surface area contributed by atoms with E-state index in [4.69, 9.17) is 27.9 Å². The van der Waals surface area contributed by atoms with E-state index in [0.29, 0.717) is 11.1 Å². The van der Waals surface area contributed by atoms with Crippen LogP contribution in [-0.2, 0) is 6.61 Å². The molecule has 0 aliphatic carbocycles. The second kappa shape index (κ2) is 8.96. The number of rotatable bonds is 7. The van der Waals surface area contributed by atoms with Crippen molar-refractivity contribution in [3.63, 3.8) is 0 Å². The lowest BCUT2D eigenvalue weighted by atomic mass is 9.91. The number of benzene rings is 3. The Labute approximate surface area is 187 Å². The lowest BCUT2D eigenvalue weighted by Crippen LogP contribution is -2.14. The van der Waals surface area contributed by atoms with Gasteiger partial charge in [-0.1, -0.05) is 59.6 Å². The van der Waals surface area contributed by atoms with Gasteiger partial charge in [-0.3, -0.25) is 10.1 Å². The summed E-state index contributed by atoms with van der Waals surface area (Å²) < 4.78 is 19.5. The van der Waals surface area contributed by atoms with Gasteiger partial charge in [-0.15, -0.1) is 0 Å². The third-order valence-electron chi connectivity index (χ3n) is 5.08. The molecule has 4 rings (SSSR count). The highest BCUT2D eigenvalue weighted by atomic mass is 35.5. The lowest BCUT2D eigenvalue weighted by molar-refractivity contribution is -0.481. The summed E-state index contributed by atoms with van der Waals surface area (Å²) in [7, 11) is 0. The molecule has 0 saturated carbocycles. The minimum atomic E-state index is -0.568. The monoisotopic (exact) mass is 458 g/mol. The van der Waals surface area contributed by atoms with E-state index in [1.165, 1.54) is 6.07 Å². The highest BCUT2D eigenvalue weighted by Crippen LogP contribution is 2.39. The Hall–Kier alpha value is -3.09. The number of fused-ring (bicyclic) bond motifs is 1. The van der Waals surface area contributed by atoms with Gasteiger partial charge in [0.25, 0.3) is 0 Å². The molecule has 1 atom stereocenters. The van der Waals surface area contributed by atoms with Crippen LogP contribution in [0.3, 0.4) is 0 Å². The molecule has 0 fully saturated rings. The van der Waals surface area contributed by atoms with Crippen LogP contribution in [0.25, 0.3) is 10.9 Å². The van der Waals surface area contributed by atoms with E-state index in [-0.39, 0.29) is 33.9 Å². The fourth-order valence-corrected chi connectivity index (χ4v) is 4.21. The van der Waals surface area contributed by atoms with Crippen LogP contribution in [0.1, 0.15) is 22.6 Å². The maximum atomic E-state index is 13.9. The van der Waals surface area contributed by atoms with Gasteiger partial charge in [-0.2, -0.15) is 0 Å². The van der Waals surface area contributed by atoms with Gasteiger partial charge in [0.15, 0.2) is 5.75 Å². The molecule has 0 bridgehead atoms. The molecule has 0 radical (unpaired) electrons. The highest BCUT2D eigenvalue weighted by molar-refractivity contribution is 6.37. The van der Waals surface area contributed by atoms with Crippen LogP contribution < -0.4 is 4.74 Å². The summed E-state index contributed by atoms with van der Waals surface area (Å²) in [5, 5.41) is 12.7. The van der Waals surface area contributed by atoms with Crippen LogP contribution in [0.5, 0.6) is 5.75 Å². The van der Waals surface area contributed by atoms with Crippen molar-refractivity contribution in [1.82, 2.24) is 4.98 Å². The first-order chi connectivity index (χ1) is 14.9. The zero-order valence-corrected chi connectivity index (χ0v) is 17.7. The highest BCUT2D eigenvalue weighted by Gasteiger charge is 2.25. The fourth-order valence-electron chi connectivity index (χ4n) is 3.60. The van der Waals surface area contributed by atoms with Crippen LogP contribution in [-0.4, -0.2) is 16.5 Å². The number of hydrogen-bond acceptors (Lipinski definition) is 3. The Morgan fingerprint density at radius 1 is 1.06 bits per heavy atom. The first-order valence-corrected chi connectivity index (χ1v) is 10.2. The van der Waals surface area contributed by atoms with Gasteiger partial charge in [-0.25, -0.2) is 4.39 Å². The molecule has 31 heavy (non-hydrogen) atoms. The van der Waals surface area contributed by atoms with Crippen LogP contribution in [0.4, 0.5) is 4.39 Å². The Kier molecular flexibility index (Phi) is 6.11. The average molecular weight is 459 g/mol. The molecule has 8 heteroatoms. The number of aromatic nitrogens is 1. The van der Waals surface area contributed by atoms with E-state index >= 15 is 0 Å². The van der Waals surface area contributed by atoms with E-state index in [1.54, 1.807) is 36.5 Å². The minimum Gasteiger partial charge on any atom is -0.486 e. The Morgan fingerprint density at radius 3 is 2.45 bits per heavy atom. The minimum absolute atomic E-state index is 0.0494. The lowest BCUT2D eigenvalue weighted by Gasteiger charge is -2.17. The number of ether oxygens (including phenoxy) is 1. The number of aromatic amines is 1. The van der Waals surface area contributed by atoms with Crippen LogP contribution in [0.2, 0.25) is 10.0 Å². The zero-order chi connectivity index (χ0) is 22.0. The fraction of sp³-hybridized carbons (Fsp3) is 0.130. The molecular formula is C23H17Cl2FN2O3. The molecule has 1 N–H and O–H groups in total. The van der Waals surface area contributed by atoms with E-state index in [0.717, 1.165) is 16.5 Å². The van der Waals surface area contributed by atoms with Crippen molar-refractivity contribution < 1.29 is 14.1 Å². The third-order valence-corrected chi connectivity index (χ3v) is 5.64. The summed E-state index contributed by atoms with van der Waals surface area (Å²) in [6.45, 7) is -0.379. The number of para-hydroxylation sites is 1. The standard InChI is InChI=1S/C23H17Cl2FN2O3/c24-19-9-15(10-20(25)23(19)31-13-14-5-1-3-7-21(14)26)18(12-28(29)30)17-11-27-22-8-4-2-6-16(17)22/h1-11,18,27H,12-13H2/t18-/m0/s1. The predicted molar refractivity (Wildman–Crippen MR) is 119 cm³/mol. The van der Waals surface area contributed by atoms with Gasteiger partial charge in [0, 0.05) is 27.6 Å². The summed E-state index contributed by atoms with van der Waals surface area (Å²) in [5.41, 5.74) is 2.62. The molecule has 1 heterocycles. The van der Waals surface area contributed by atoms with Crippen molar-refractivity contribution >= 4 is 34.1 Å². The SMILES string of the molecule is O=[N+]([O-])C[C@@H](c1cc(Cl)c(OCc2ccccc2F)c(Cl)c1)c1c[nH]c2ccccc12. The summed E-state index contributed by atoms with van der Waals surface area (Å²) in [6.07, 6.45) is 1.77. The van der Waals surface area contributed by atoms with Crippen molar-refractivity contribution in [3.05, 3.63) is 110 Å². The maximum absolute atomic E-state index is 13.9. The van der Waals surface area contributed by atoms with Crippen molar-refractivity contribution in [2.24, 2.45) is 0 Å². The van der Waals surface area contributed by atoms with Crippen molar-refractivity contribution in [3.8, 4) is 5.75 Å². The number of nitrogens with one attached hydrogen (secondary N) is 1. The van der Waals surface area contributed by atoms with Crippen molar-refractivity contribution in [1.29, 1.82) is 0 Å². The van der Waals surface area contributed by atoms with Crippen LogP contribution in [0, 0.1) is 15.9 Å². The maximum Gasteiger partial charge on any atom is 0.214 e. The summed E-state index contributed by atoms with van der Waals surface area (Å²) >= 11 is 12.8. The molecule has 0 spiro atoms. The normalized spacial score (nSPS) is 12.1. The van der Waals surface area contributed by atoms with Gasteiger partial charge in [0.05, 0.1) is 16.0 Å². The van der Waals surface area contributed by atoms with Gasteiger partial charge < -0.3 is 9.72 Å². The number of H-pyrrole nitrogens is 1. The predicted octanol–water partition coefficient (Wildman–Crippen LogP) is 6.60. The number of nitrogens with zero attached hydrogens (tertiary/aromatic N) is 1. The molecular weight excluding hydrogens is 442 g/mol. The van der Waals surface area contributed by atoms with E-state index in [2.05, 4.69) is 4.98 Å². The molecule has 5 nitrogen and oxygen atoms in total. The second-order valence-corrected chi connectivity index (χ2v) is 7.87. The average Bonchev–Trinajstić information content (AvgIpc) is 3.16. The number of hydrogen-bond donors (Lipinski definition) is 1. The Bertz CT molecular complexity index is 1240. The summed E-state index contributed by atoms with van der Waals surface area (Å²) in [6, 6.07) is 17.0. The Morgan fingerprint density at radius 2 is 1.74 bits per heavy atom. The number of halogens is 3. The molecule has 3 aromatic carbocycles. The smallest absolute Gasteiger partial charge is 0.214 e. The van der Waals surface area contributed by atoms with Gasteiger partial charge in [0.2, 0.25) is 6.54 Å². The molecule has 0 saturated heterocycles.